The Bertz CT molecular complexity index is 712. The van der Waals surface area contributed by atoms with Gasteiger partial charge < -0.3 is 14.7 Å². The van der Waals surface area contributed by atoms with Gasteiger partial charge in [-0.3, -0.25) is 9.59 Å². The van der Waals surface area contributed by atoms with Crippen molar-refractivity contribution >= 4 is 11.9 Å². The molecule has 1 saturated heterocycles. The van der Waals surface area contributed by atoms with Gasteiger partial charge in [-0.1, -0.05) is 53.7 Å². The van der Waals surface area contributed by atoms with Crippen LogP contribution in [0.4, 0.5) is 0 Å². The maximum Gasteiger partial charge on any atom is 0.308 e. The summed E-state index contributed by atoms with van der Waals surface area (Å²) in [5, 5.41) is 10.8. The van der Waals surface area contributed by atoms with Crippen LogP contribution in [0.1, 0.15) is 77.5 Å². The molecule has 1 aliphatic rings. The Kier molecular flexibility index (Phi) is 7.02. The predicted molar refractivity (Wildman–Crippen MR) is 115 cm³/mol. The molecule has 0 saturated carbocycles. The lowest BCUT2D eigenvalue weighted by atomic mass is 9.78. The maximum absolute atomic E-state index is 12.7. The number of phenolic OH excluding ortho intramolecular Hbond substituents is 1. The number of amides is 1. The van der Waals surface area contributed by atoms with Gasteiger partial charge in [-0.15, -0.1) is 0 Å². The molecular weight excluding hydrogens is 366 g/mol. The monoisotopic (exact) mass is 403 g/mol. The minimum Gasteiger partial charge on any atom is -0.507 e. The second-order valence-corrected chi connectivity index (χ2v) is 10.2. The number of methoxy groups -OCH3 is 1. The lowest BCUT2D eigenvalue weighted by molar-refractivity contribution is -0.148. The van der Waals surface area contributed by atoms with Gasteiger partial charge in [0.2, 0.25) is 5.91 Å². The number of rotatable bonds is 4. The van der Waals surface area contributed by atoms with Crippen LogP contribution < -0.4 is 0 Å². The molecule has 0 atom stereocenters. The van der Waals surface area contributed by atoms with E-state index in [1.54, 1.807) is 0 Å². The highest BCUT2D eigenvalue weighted by Gasteiger charge is 2.29. The van der Waals surface area contributed by atoms with E-state index in [1.807, 2.05) is 17.0 Å². The summed E-state index contributed by atoms with van der Waals surface area (Å²) in [5.74, 6) is 0.219. The number of carbonyl (C=O) groups is 2. The summed E-state index contributed by atoms with van der Waals surface area (Å²) in [6.07, 6.45) is 2.41. The van der Waals surface area contributed by atoms with Crippen molar-refractivity contribution in [2.75, 3.05) is 20.2 Å². The standard InChI is InChI=1S/C24H37NO4/c1-23(2,3)18-14-16(15-19(21(18)27)24(4,5)6)8-9-20(26)25-12-10-17(11-13-25)22(28)29-7/h14-15,17,27H,8-13H2,1-7H3. The number of piperidine rings is 1. The van der Waals surface area contributed by atoms with E-state index in [0.717, 1.165) is 16.7 Å². The van der Waals surface area contributed by atoms with E-state index in [-0.39, 0.29) is 28.6 Å². The Labute approximate surface area is 175 Å². The number of phenols is 1. The summed E-state index contributed by atoms with van der Waals surface area (Å²) in [5.41, 5.74) is 2.56. The zero-order valence-electron chi connectivity index (χ0n) is 19.1. The highest BCUT2D eigenvalue weighted by Crippen LogP contribution is 2.40. The SMILES string of the molecule is COC(=O)C1CCN(C(=O)CCc2cc(C(C)(C)C)c(O)c(C(C)(C)C)c2)CC1. The molecule has 0 radical (unpaired) electrons. The first-order valence-corrected chi connectivity index (χ1v) is 10.6. The van der Waals surface area contributed by atoms with Gasteiger partial charge in [0.1, 0.15) is 5.75 Å². The molecule has 0 aliphatic carbocycles. The number of nitrogens with zero attached hydrogens (tertiary/aromatic N) is 1. The third-order valence-electron chi connectivity index (χ3n) is 5.80. The van der Waals surface area contributed by atoms with Crippen LogP contribution in [-0.2, 0) is 31.6 Å². The highest BCUT2D eigenvalue weighted by molar-refractivity contribution is 5.77. The molecular formula is C24H37NO4. The fourth-order valence-electron chi connectivity index (χ4n) is 3.92. The molecule has 1 fully saturated rings. The molecule has 1 amide bonds. The van der Waals surface area contributed by atoms with E-state index in [2.05, 4.69) is 41.5 Å². The highest BCUT2D eigenvalue weighted by atomic mass is 16.5. The second-order valence-electron chi connectivity index (χ2n) is 10.2. The Hall–Kier alpha value is -2.04. The molecule has 1 aromatic carbocycles. The molecule has 1 heterocycles. The number of aromatic hydroxyl groups is 1. The predicted octanol–water partition coefficient (Wildman–Crippen LogP) is 4.33. The average Bonchev–Trinajstić information content (AvgIpc) is 2.64. The van der Waals surface area contributed by atoms with Gasteiger partial charge in [-0.25, -0.2) is 0 Å². The van der Waals surface area contributed by atoms with Gasteiger partial charge in [-0.2, -0.15) is 0 Å². The third-order valence-corrected chi connectivity index (χ3v) is 5.80. The van der Waals surface area contributed by atoms with Gasteiger partial charge in [0.05, 0.1) is 13.0 Å². The van der Waals surface area contributed by atoms with Gasteiger partial charge in [0, 0.05) is 19.5 Å². The number of likely N-dealkylation sites (tertiary alicyclic amines) is 1. The molecule has 5 nitrogen and oxygen atoms in total. The topological polar surface area (TPSA) is 66.8 Å². The second kappa shape index (κ2) is 8.76. The van der Waals surface area contributed by atoms with E-state index in [4.69, 9.17) is 4.74 Å². The van der Waals surface area contributed by atoms with E-state index >= 15 is 0 Å². The van der Waals surface area contributed by atoms with Crippen molar-refractivity contribution in [1.82, 2.24) is 4.90 Å². The van der Waals surface area contributed by atoms with Gasteiger partial charge in [-0.05, 0) is 46.8 Å². The molecule has 1 N–H and O–H groups in total. The third kappa shape index (κ3) is 5.74. The molecule has 29 heavy (non-hydrogen) atoms. The fourth-order valence-corrected chi connectivity index (χ4v) is 3.92. The molecule has 1 aromatic rings. The van der Waals surface area contributed by atoms with Crippen molar-refractivity contribution < 1.29 is 19.4 Å². The number of benzene rings is 1. The summed E-state index contributed by atoms with van der Waals surface area (Å²) in [6.45, 7) is 13.8. The van der Waals surface area contributed by atoms with Crippen LogP contribution in [0.25, 0.3) is 0 Å². The van der Waals surface area contributed by atoms with Gasteiger partial charge >= 0.3 is 5.97 Å². The summed E-state index contributed by atoms with van der Waals surface area (Å²) in [4.78, 5) is 26.2. The Morgan fingerprint density at radius 2 is 1.52 bits per heavy atom. The molecule has 0 unspecified atom stereocenters. The van der Waals surface area contributed by atoms with E-state index in [0.29, 0.717) is 44.5 Å². The van der Waals surface area contributed by atoms with Crippen molar-refractivity contribution in [1.29, 1.82) is 0 Å². The zero-order chi connectivity index (χ0) is 22.0. The van der Waals surface area contributed by atoms with E-state index < -0.39 is 0 Å². The lowest BCUT2D eigenvalue weighted by Gasteiger charge is -2.31. The summed E-state index contributed by atoms with van der Waals surface area (Å²) >= 11 is 0. The van der Waals surface area contributed by atoms with Crippen LogP contribution in [-0.4, -0.2) is 42.1 Å². The summed E-state index contributed by atoms with van der Waals surface area (Å²) in [6, 6.07) is 4.09. The summed E-state index contributed by atoms with van der Waals surface area (Å²) < 4.78 is 4.81. The van der Waals surface area contributed by atoms with Crippen LogP contribution >= 0.6 is 0 Å². The van der Waals surface area contributed by atoms with Crippen LogP contribution in [0.2, 0.25) is 0 Å². The van der Waals surface area contributed by atoms with Crippen molar-refractivity contribution in [3.05, 3.63) is 28.8 Å². The van der Waals surface area contributed by atoms with Gasteiger partial charge in [0.15, 0.2) is 0 Å². The first-order valence-electron chi connectivity index (χ1n) is 10.6. The molecule has 162 valence electrons. The number of esters is 1. The average molecular weight is 404 g/mol. The van der Waals surface area contributed by atoms with Crippen LogP contribution in [0.5, 0.6) is 5.75 Å². The van der Waals surface area contributed by atoms with Crippen LogP contribution in [0, 0.1) is 5.92 Å². The van der Waals surface area contributed by atoms with Crippen molar-refractivity contribution in [2.45, 2.75) is 78.1 Å². The molecule has 2 rings (SSSR count). The van der Waals surface area contributed by atoms with Crippen molar-refractivity contribution in [3.8, 4) is 5.75 Å². The van der Waals surface area contributed by atoms with Crippen molar-refractivity contribution in [2.24, 2.45) is 5.92 Å². The molecule has 0 aromatic heterocycles. The quantitative estimate of drug-likeness (QED) is 0.760. The summed E-state index contributed by atoms with van der Waals surface area (Å²) in [7, 11) is 1.41. The first-order chi connectivity index (χ1) is 13.3. The largest absolute Gasteiger partial charge is 0.507 e. The number of ether oxygens (including phenoxy) is 1. The van der Waals surface area contributed by atoms with E-state index in [9.17, 15) is 14.7 Å². The number of aryl methyl sites for hydroxylation is 1. The maximum atomic E-state index is 12.7. The normalized spacial score (nSPS) is 16.0. The van der Waals surface area contributed by atoms with Crippen LogP contribution in [0.3, 0.4) is 0 Å². The van der Waals surface area contributed by atoms with E-state index in [1.165, 1.54) is 7.11 Å². The number of hydrogen-bond acceptors (Lipinski definition) is 4. The molecule has 5 heteroatoms. The Morgan fingerprint density at radius 1 is 1.03 bits per heavy atom. The smallest absolute Gasteiger partial charge is 0.308 e. The molecule has 0 bridgehead atoms. The lowest BCUT2D eigenvalue weighted by Crippen LogP contribution is -2.40. The van der Waals surface area contributed by atoms with Crippen LogP contribution in [0.15, 0.2) is 12.1 Å². The molecule has 1 aliphatic heterocycles. The van der Waals surface area contributed by atoms with Gasteiger partial charge in [0.25, 0.3) is 0 Å². The minimum absolute atomic E-state index is 0.0927. The number of hydrogen-bond donors (Lipinski definition) is 1. The Morgan fingerprint density at radius 3 is 1.93 bits per heavy atom. The fraction of sp³-hybridized carbons (Fsp3) is 0.667. The number of carbonyl (C=O) groups excluding carboxylic acids is 2. The first kappa shape index (κ1) is 23.2. The zero-order valence-corrected chi connectivity index (χ0v) is 19.1. The Balaban J connectivity index is 2.10. The minimum atomic E-state index is -0.181. The molecule has 0 spiro atoms. The van der Waals surface area contributed by atoms with Crippen molar-refractivity contribution in [3.63, 3.8) is 0 Å².